The highest BCUT2D eigenvalue weighted by molar-refractivity contribution is 7.45. The number of hydrogen-bond donors (Lipinski definition) is 2. The monoisotopic (exact) mass is 757 g/mol. The standard InChI is InChI=1S/C43H85N2O6P/c1-6-8-10-12-14-16-18-19-20-21-22-23-24-25-26-27-28-30-32-34-36-42(46)41(40-51-52(48,49)50-39-38-45(3,4)5)44-43(47)37-35-33-31-29-17-15-13-11-9-7-2/h11,13,34,36,41-42,46H,6-10,12,14-33,35,37-40H2,1-5H3,(H-,44,47,48,49)/b13-11-,36-34+. The molecule has 0 radical (unpaired) electrons. The third kappa shape index (κ3) is 37.3. The van der Waals surface area contributed by atoms with Crippen LogP contribution < -0.4 is 10.2 Å². The predicted octanol–water partition coefficient (Wildman–Crippen LogP) is 11.1. The van der Waals surface area contributed by atoms with Crippen molar-refractivity contribution in [3.8, 4) is 0 Å². The largest absolute Gasteiger partial charge is 0.756 e. The Morgan fingerprint density at radius 3 is 1.58 bits per heavy atom. The van der Waals surface area contributed by atoms with Gasteiger partial charge in [0, 0.05) is 6.42 Å². The predicted molar refractivity (Wildman–Crippen MR) is 219 cm³/mol. The van der Waals surface area contributed by atoms with Crippen LogP contribution in [0, 0.1) is 0 Å². The number of aliphatic hydroxyl groups is 1. The zero-order valence-electron chi connectivity index (χ0n) is 34.8. The Morgan fingerprint density at radius 2 is 1.10 bits per heavy atom. The van der Waals surface area contributed by atoms with Gasteiger partial charge in [0.15, 0.2) is 0 Å². The lowest BCUT2D eigenvalue weighted by Crippen LogP contribution is -2.45. The number of likely N-dealkylation sites (N-methyl/N-ethyl adjacent to an activating group) is 1. The second-order valence-corrected chi connectivity index (χ2v) is 17.5. The van der Waals surface area contributed by atoms with Crippen LogP contribution in [0.3, 0.4) is 0 Å². The molecule has 52 heavy (non-hydrogen) atoms. The van der Waals surface area contributed by atoms with E-state index < -0.39 is 20.0 Å². The third-order valence-corrected chi connectivity index (χ3v) is 10.6. The topological polar surface area (TPSA) is 108 Å². The third-order valence-electron chi connectivity index (χ3n) is 9.64. The molecule has 0 aromatic carbocycles. The van der Waals surface area contributed by atoms with Gasteiger partial charge in [0.1, 0.15) is 13.2 Å². The number of carbonyl (C=O) groups excluding carboxylic acids is 1. The summed E-state index contributed by atoms with van der Waals surface area (Å²) in [5.41, 5.74) is 0. The Bertz CT molecular complexity index is 907. The molecule has 0 bridgehead atoms. The van der Waals surface area contributed by atoms with Crippen molar-refractivity contribution < 1.29 is 32.9 Å². The quantitative estimate of drug-likeness (QED) is 0.0280. The molecule has 9 heteroatoms. The van der Waals surface area contributed by atoms with Crippen molar-refractivity contribution >= 4 is 13.7 Å². The van der Waals surface area contributed by atoms with E-state index in [1.54, 1.807) is 6.08 Å². The first-order chi connectivity index (χ1) is 25.0. The molecule has 0 rings (SSSR count). The van der Waals surface area contributed by atoms with Crippen LogP contribution in [0.5, 0.6) is 0 Å². The molecule has 0 saturated carbocycles. The maximum atomic E-state index is 12.8. The Hall–Kier alpha value is -1.02. The van der Waals surface area contributed by atoms with E-state index in [1.165, 1.54) is 109 Å². The van der Waals surface area contributed by atoms with E-state index >= 15 is 0 Å². The lowest BCUT2D eigenvalue weighted by atomic mass is 10.0. The van der Waals surface area contributed by atoms with Crippen molar-refractivity contribution in [3.63, 3.8) is 0 Å². The summed E-state index contributed by atoms with van der Waals surface area (Å²) < 4.78 is 23.1. The Morgan fingerprint density at radius 1 is 0.654 bits per heavy atom. The average molecular weight is 757 g/mol. The molecule has 0 fully saturated rings. The first-order valence-corrected chi connectivity index (χ1v) is 23.2. The van der Waals surface area contributed by atoms with Gasteiger partial charge in [0.2, 0.25) is 5.91 Å². The molecule has 2 N–H and O–H groups in total. The number of amides is 1. The highest BCUT2D eigenvalue weighted by Gasteiger charge is 2.23. The number of hydrogen-bond acceptors (Lipinski definition) is 6. The molecule has 0 aliphatic heterocycles. The molecule has 308 valence electrons. The van der Waals surface area contributed by atoms with Crippen molar-refractivity contribution in [3.05, 3.63) is 24.3 Å². The summed E-state index contributed by atoms with van der Waals surface area (Å²) in [7, 11) is 1.26. The van der Waals surface area contributed by atoms with Gasteiger partial charge in [-0.05, 0) is 38.5 Å². The molecule has 3 unspecified atom stereocenters. The number of nitrogens with one attached hydrogen (secondary N) is 1. The fourth-order valence-electron chi connectivity index (χ4n) is 6.15. The second-order valence-electron chi connectivity index (χ2n) is 16.0. The van der Waals surface area contributed by atoms with Gasteiger partial charge < -0.3 is 28.8 Å². The van der Waals surface area contributed by atoms with Crippen molar-refractivity contribution in [2.75, 3.05) is 40.9 Å². The second kappa shape index (κ2) is 35.7. The zero-order chi connectivity index (χ0) is 38.6. The summed E-state index contributed by atoms with van der Waals surface area (Å²) in [4.78, 5) is 25.2. The van der Waals surface area contributed by atoms with Gasteiger partial charge in [0.25, 0.3) is 7.82 Å². The molecule has 0 spiro atoms. The van der Waals surface area contributed by atoms with Crippen molar-refractivity contribution in [1.29, 1.82) is 0 Å². The Kier molecular flexibility index (Phi) is 35.0. The zero-order valence-corrected chi connectivity index (χ0v) is 35.7. The minimum atomic E-state index is -4.58. The molecule has 0 aliphatic carbocycles. The van der Waals surface area contributed by atoms with Crippen LogP contribution in [-0.4, -0.2) is 68.5 Å². The number of unbranched alkanes of at least 4 members (excludes halogenated alkanes) is 24. The van der Waals surface area contributed by atoms with E-state index in [9.17, 15) is 19.4 Å². The van der Waals surface area contributed by atoms with Gasteiger partial charge in [-0.25, -0.2) is 0 Å². The van der Waals surface area contributed by atoms with Gasteiger partial charge in [-0.2, -0.15) is 0 Å². The van der Waals surface area contributed by atoms with Gasteiger partial charge in [-0.3, -0.25) is 9.36 Å². The molecule has 0 aromatic rings. The van der Waals surface area contributed by atoms with Gasteiger partial charge in [0.05, 0.1) is 39.9 Å². The maximum absolute atomic E-state index is 12.8. The number of quaternary nitrogens is 1. The number of phosphoric acid groups is 1. The maximum Gasteiger partial charge on any atom is 0.268 e. The molecular weight excluding hydrogens is 671 g/mol. The summed E-state index contributed by atoms with van der Waals surface area (Å²) in [6.07, 6.45) is 40.9. The number of carbonyl (C=O) groups is 1. The summed E-state index contributed by atoms with van der Waals surface area (Å²) in [6.45, 7) is 4.57. The van der Waals surface area contributed by atoms with Crippen LogP contribution >= 0.6 is 7.82 Å². The van der Waals surface area contributed by atoms with Crippen LogP contribution in [0.4, 0.5) is 0 Å². The number of phosphoric ester groups is 1. The molecular formula is C43H85N2O6P. The van der Waals surface area contributed by atoms with E-state index in [4.69, 9.17) is 9.05 Å². The lowest BCUT2D eigenvalue weighted by molar-refractivity contribution is -0.870. The molecule has 0 saturated heterocycles. The Labute approximate surface area is 322 Å². The first-order valence-electron chi connectivity index (χ1n) is 21.7. The summed E-state index contributed by atoms with van der Waals surface area (Å²) >= 11 is 0. The summed E-state index contributed by atoms with van der Waals surface area (Å²) in [5.74, 6) is -0.210. The number of aliphatic hydroxyl groups excluding tert-OH is 1. The van der Waals surface area contributed by atoms with Gasteiger partial charge >= 0.3 is 0 Å². The van der Waals surface area contributed by atoms with Crippen LogP contribution in [-0.2, 0) is 18.4 Å². The average Bonchev–Trinajstić information content (AvgIpc) is 3.09. The van der Waals surface area contributed by atoms with E-state index in [2.05, 4.69) is 31.3 Å². The van der Waals surface area contributed by atoms with Gasteiger partial charge in [-0.1, -0.05) is 173 Å². The number of allylic oxidation sites excluding steroid dienone is 3. The van der Waals surface area contributed by atoms with E-state index in [1.807, 2.05) is 27.2 Å². The normalized spacial score (nSPS) is 14.7. The smallest absolute Gasteiger partial charge is 0.268 e. The summed E-state index contributed by atoms with van der Waals surface area (Å²) in [6, 6.07) is -0.886. The highest BCUT2D eigenvalue weighted by atomic mass is 31.2. The summed E-state index contributed by atoms with van der Waals surface area (Å²) in [5, 5.41) is 13.7. The molecule has 0 aromatic heterocycles. The van der Waals surface area contributed by atoms with Gasteiger partial charge in [-0.15, -0.1) is 0 Å². The van der Waals surface area contributed by atoms with Crippen LogP contribution in [0.15, 0.2) is 24.3 Å². The van der Waals surface area contributed by atoms with Crippen LogP contribution in [0.25, 0.3) is 0 Å². The van der Waals surface area contributed by atoms with E-state index in [0.29, 0.717) is 17.4 Å². The van der Waals surface area contributed by atoms with Crippen molar-refractivity contribution in [1.82, 2.24) is 5.32 Å². The van der Waals surface area contributed by atoms with E-state index in [0.717, 1.165) is 64.2 Å². The van der Waals surface area contributed by atoms with Crippen molar-refractivity contribution in [2.45, 2.75) is 206 Å². The molecule has 8 nitrogen and oxygen atoms in total. The fraction of sp³-hybridized carbons (Fsp3) is 0.884. The van der Waals surface area contributed by atoms with Crippen LogP contribution in [0.1, 0.15) is 194 Å². The molecule has 1 amide bonds. The van der Waals surface area contributed by atoms with Crippen LogP contribution in [0.2, 0.25) is 0 Å². The minimum Gasteiger partial charge on any atom is -0.756 e. The Balaban J connectivity index is 4.36. The lowest BCUT2D eigenvalue weighted by Gasteiger charge is -2.29. The first kappa shape index (κ1) is 51.0. The number of nitrogens with zero attached hydrogens (tertiary/aromatic N) is 1. The SMILES string of the molecule is CCC/C=C\CCCCCCCC(=O)NC(COP(=O)([O-])OCC[N+](C)(C)C)C(O)/C=C/CCCCCCCCCCCCCCCCCCCC. The minimum absolute atomic E-state index is 0.00180. The van der Waals surface area contributed by atoms with E-state index in [-0.39, 0.29) is 19.1 Å². The number of rotatable bonds is 39. The van der Waals surface area contributed by atoms with Crippen molar-refractivity contribution in [2.24, 2.45) is 0 Å². The fourth-order valence-corrected chi connectivity index (χ4v) is 6.88. The molecule has 3 atom stereocenters. The molecule has 0 aliphatic rings. The molecule has 0 heterocycles. The highest BCUT2D eigenvalue weighted by Crippen LogP contribution is 2.38.